The van der Waals surface area contributed by atoms with Gasteiger partial charge in [-0.2, -0.15) is 5.10 Å². The Balaban J connectivity index is 0.00000240. The van der Waals surface area contributed by atoms with Crippen molar-refractivity contribution in [1.82, 2.24) is 25.4 Å². The molecule has 0 atom stereocenters. The number of guanidine groups is 1. The highest BCUT2D eigenvalue weighted by atomic mass is 127. The third-order valence-corrected chi connectivity index (χ3v) is 6.00. The molecule has 2 fully saturated rings. The van der Waals surface area contributed by atoms with Crippen LogP contribution in [0.15, 0.2) is 29.3 Å². The summed E-state index contributed by atoms with van der Waals surface area (Å²) in [7, 11) is 1.66. The Morgan fingerprint density at radius 2 is 2.00 bits per heavy atom. The van der Waals surface area contributed by atoms with Crippen molar-refractivity contribution in [3.8, 4) is 17.1 Å². The Bertz CT molecular complexity index is 813. The number of likely N-dealkylation sites (tertiary alicyclic amines) is 1. The summed E-state index contributed by atoms with van der Waals surface area (Å²) in [6.45, 7) is 5.71. The minimum absolute atomic E-state index is 0. The van der Waals surface area contributed by atoms with Gasteiger partial charge in [-0.05, 0) is 55.9 Å². The summed E-state index contributed by atoms with van der Waals surface area (Å²) < 4.78 is 5.20. The van der Waals surface area contributed by atoms with Crippen molar-refractivity contribution in [1.29, 1.82) is 0 Å². The van der Waals surface area contributed by atoms with E-state index in [-0.39, 0.29) is 24.0 Å². The van der Waals surface area contributed by atoms with Gasteiger partial charge in [0.05, 0.1) is 7.11 Å². The van der Waals surface area contributed by atoms with Gasteiger partial charge in [-0.1, -0.05) is 12.8 Å². The number of benzene rings is 1. The fourth-order valence-corrected chi connectivity index (χ4v) is 4.46. The van der Waals surface area contributed by atoms with Crippen LogP contribution in [0.5, 0.6) is 5.75 Å². The van der Waals surface area contributed by atoms with Crippen molar-refractivity contribution in [3.63, 3.8) is 0 Å². The lowest BCUT2D eigenvalue weighted by Gasteiger charge is -2.25. The maximum absolute atomic E-state index is 5.20. The normalized spacial score (nSPS) is 18.1. The summed E-state index contributed by atoms with van der Waals surface area (Å²) in [6.07, 6.45) is 6.80. The summed E-state index contributed by atoms with van der Waals surface area (Å²) in [5.74, 6) is 3.28. The molecule has 1 saturated heterocycles. The van der Waals surface area contributed by atoms with Gasteiger partial charge in [0.15, 0.2) is 11.8 Å². The van der Waals surface area contributed by atoms with Crippen LogP contribution in [0.3, 0.4) is 0 Å². The SMILES string of the molecule is CCNC(=NCc1nc(-c2ccc(OC)cc2)n[nH]1)N1CCC2(CCCC2)C1.I. The molecule has 1 spiro atoms. The van der Waals surface area contributed by atoms with Gasteiger partial charge in [-0.15, -0.1) is 24.0 Å². The van der Waals surface area contributed by atoms with Gasteiger partial charge in [0.25, 0.3) is 0 Å². The zero-order chi connectivity index (χ0) is 19.4. The number of aliphatic imine (C=N–C) groups is 1. The highest BCUT2D eigenvalue weighted by molar-refractivity contribution is 14.0. The van der Waals surface area contributed by atoms with E-state index < -0.39 is 0 Å². The summed E-state index contributed by atoms with van der Waals surface area (Å²) >= 11 is 0. The van der Waals surface area contributed by atoms with Gasteiger partial charge in [0.1, 0.15) is 18.1 Å². The van der Waals surface area contributed by atoms with Crippen LogP contribution in [0.25, 0.3) is 11.4 Å². The molecule has 158 valence electrons. The summed E-state index contributed by atoms with van der Waals surface area (Å²) in [4.78, 5) is 11.9. The number of hydrogen-bond donors (Lipinski definition) is 2. The van der Waals surface area contributed by atoms with Gasteiger partial charge >= 0.3 is 0 Å². The highest BCUT2D eigenvalue weighted by Gasteiger charge is 2.41. The predicted octanol–water partition coefficient (Wildman–Crippen LogP) is 3.83. The number of aromatic amines is 1. The van der Waals surface area contributed by atoms with E-state index in [2.05, 4.69) is 32.3 Å². The third-order valence-electron chi connectivity index (χ3n) is 6.00. The summed E-state index contributed by atoms with van der Waals surface area (Å²) in [5.41, 5.74) is 1.49. The molecular weight excluding hydrogens is 479 g/mol. The molecule has 1 aliphatic heterocycles. The molecule has 2 heterocycles. The zero-order valence-corrected chi connectivity index (χ0v) is 19.6. The van der Waals surface area contributed by atoms with Gasteiger partial charge < -0.3 is 15.0 Å². The molecule has 1 aromatic carbocycles. The average Bonchev–Trinajstić information content (AvgIpc) is 3.48. The minimum atomic E-state index is 0. The van der Waals surface area contributed by atoms with E-state index in [9.17, 15) is 0 Å². The van der Waals surface area contributed by atoms with E-state index in [1.165, 1.54) is 32.1 Å². The topological polar surface area (TPSA) is 78.4 Å². The Labute approximate surface area is 189 Å². The van der Waals surface area contributed by atoms with E-state index in [0.29, 0.717) is 17.8 Å². The fourth-order valence-electron chi connectivity index (χ4n) is 4.46. The molecule has 2 aliphatic rings. The first-order valence-electron chi connectivity index (χ1n) is 10.3. The highest BCUT2D eigenvalue weighted by Crippen LogP contribution is 2.45. The monoisotopic (exact) mass is 510 g/mol. The molecule has 2 N–H and O–H groups in total. The fraction of sp³-hybridized carbons (Fsp3) is 0.571. The molecule has 0 unspecified atom stereocenters. The maximum Gasteiger partial charge on any atom is 0.194 e. The largest absolute Gasteiger partial charge is 0.497 e. The van der Waals surface area contributed by atoms with Gasteiger partial charge in [0, 0.05) is 25.2 Å². The van der Waals surface area contributed by atoms with Gasteiger partial charge in [-0.25, -0.2) is 9.98 Å². The van der Waals surface area contributed by atoms with Crippen LogP contribution in [0.2, 0.25) is 0 Å². The molecule has 0 amide bonds. The molecule has 4 rings (SSSR count). The number of nitrogens with one attached hydrogen (secondary N) is 2. The number of ether oxygens (including phenoxy) is 1. The first-order chi connectivity index (χ1) is 13.7. The molecule has 1 saturated carbocycles. The summed E-state index contributed by atoms with van der Waals surface area (Å²) in [6, 6.07) is 7.76. The Kier molecular flexibility index (Phi) is 7.37. The number of halogens is 1. The first kappa shape index (κ1) is 21.9. The van der Waals surface area contributed by atoms with Crippen molar-refractivity contribution in [2.45, 2.75) is 45.6 Å². The Morgan fingerprint density at radius 1 is 1.24 bits per heavy atom. The minimum Gasteiger partial charge on any atom is -0.497 e. The third kappa shape index (κ3) is 5.02. The predicted molar refractivity (Wildman–Crippen MR) is 126 cm³/mol. The van der Waals surface area contributed by atoms with E-state index in [4.69, 9.17) is 9.73 Å². The first-order valence-corrected chi connectivity index (χ1v) is 10.3. The molecular formula is C21H31IN6O. The van der Waals surface area contributed by atoms with Gasteiger partial charge in [-0.3, -0.25) is 5.10 Å². The molecule has 7 nitrogen and oxygen atoms in total. The molecule has 1 aromatic heterocycles. The van der Waals surface area contributed by atoms with Crippen LogP contribution in [-0.2, 0) is 6.54 Å². The second-order valence-corrected chi connectivity index (χ2v) is 7.88. The number of nitrogens with zero attached hydrogens (tertiary/aromatic N) is 4. The Hall–Kier alpha value is -1.84. The van der Waals surface area contributed by atoms with Crippen molar-refractivity contribution in [2.24, 2.45) is 10.4 Å². The van der Waals surface area contributed by atoms with Crippen molar-refractivity contribution < 1.29 is 4.74 Å². The van der Waals surface area contributed by atoms with Crippen LogP contribution in [0, 0.1) is 5.41 Å². The van der Waals surface area contributed by atoms with Crippen LogP contribution < -0.4 is 10.1 Å². The summed E-state index contributed by atoms with van der Waals surface area (Å²) in [5, 5.41) is 10.8. The molecule has 1 aliphatic carbocycles. The van der Waals surface area contributed by atoms with E-state index in [1.807, 2.05) is 24.3 Å². The quantitative estimate of drug-likeness (QED) is 0.363. The van der Waals surface area contributed by atoms with Gasteiger partial charge in [0.2, 0.25) is 0 Å². The van der Waals surface area contributed by atoms with Crippen molar-refractivity contribution in [2.75, 3.05) is 26.7 Å². The molecule has 29 heavy (non-hydrogen) atoms. The second-order valence-electron chi connectivity index (χ2n) is 7.88. The lowest BCUT2D eigenvalue weighted by Crippen LogP contribution is -2.41. The molecule has 8 heteroatoms. The smallest absolute Gasteiger partial charge is 0.194 e. The van der Waals surface area contributed by atoms with Crippen molar-refractivity contribution in [3.05, 3.63) is 30.1 Å². The lowest BCUT2D eigenvalue weighted by atomic mass is 9.86. The maximum atomic E-state index is 5.20. The second kappa shape index (κ2) is 9.77. The van der Waals surface area contributed by atoms with E-state index >= 15 is 0 Å². The number of rotatable bonds is 5. The van der Waals surface area contributed by atoms with Crippen LogP contribution in [0.4, 0.5) is 0 Å². The Morgan fingerprint density at radius 3 is 2.69 bits per heavy atom. The lowest BCUT2D eigenvalue weighted by molar-refractivity contribution is 0.309. The number of hydrogen-bond acceptors (Lipinski definition) is 4. The standard InChI is InChI=1S/C21H30N6O.HI/c1-3-22-20(27-13-12-21(15-27)10-4-5-11-21)23-14-18-24-19(26-25-18)16-6-8-17(28-2)9-7-16;/h6-9H,3-5,10-15H2,1-2H3,(H,22,23)(H,24,25,26);1H. The van der Waals surface area contributed by atoms with Crippen LogP contribution in [0.1, 0.15) is 44.9 Å². The van der Waals surface area contributed by atoms with Crippen LogP contribution >= 0.6 is 24.0 Å². The number of H-pyrrole nitrogens is 1. The number of methoxy groups -OCH3 is 1. The van der Waals surface area contributed by atoms with Crippen molar-refractivity contribution >= 4 is 29.9 Å². The molecule has 0 radical (unpaired) electrons. The molecule has 0 bridgehead atoms. The zero-order valence-electron chi connectivity index (χ0n) is 17.3. The average molecular weight is 510 g/mol. The van der Waals surface area contributed by atoms with E-state index in [0.717, 1.165) is 42.7 Å². The molecule has 2 aromatic rings. The number of aromatic nitrogens is 3. The van der Waals surface area contributed by atoms with E-state index in [1.54, 1.807) is 7.11 Å². The van der Waals surface area contributed by atoms with Crippen LogP contribution in [-0.4, -0.2) is 52.8 Å².